The molecule has 2 aliphatic heterocycles. The third kappa shape index (κ3) is 4.14. The molecule has 0 aliphatic carbocycles. The highest BCUT2D eigenvalue weighted by atomic mass is 16.6. The Bertz CT molecular complexity index is 832. The Kier molecular flexibility index (Phi) is 5.53. The first-order valence-electron chi connectivity index (χ1n) is 10.2. The lowest BCUT2D eigenvalue weighted by Crippen LogP contribution is -3.11. The molecule has 1 unspecified atom stereocenters. The van der Waals surface area contributed by atoms with Crippen LogP contribution in [0.3, 0.4) is 0 Å². The number of fused-ring (bicyclic) bond motifs is 1. The fourth-order valence-electron chi connectivity index (χ4n) is 4.17. The van der Waals surface area contributed by atoms with E-state index in [1.165, 1.54) is 16.0 Å². The van der Waals surface area contributed by atoms with Gasteiger partial charge in [-0.1, -0.05) is 26.0 Å². The monoisotopic (exact) mass is 381 g/mol. The molecule has 2 aromatic rings. The number of anilines is 1. The molecular formula is C23H29N2O3+. The molecule has 0 spiro atoms. The first-order valence-corrected chi connectivity index (χ1v) is 10.2. The van der Waals surface area contributed by atoms with Crippen molar-refractivity contribution in [3.8, 4) is 11.5 Å². The largest absolute Gasteiger partial charge is 0.486 e. The normalized spacial score (nSPS) is 21.0. The molecule has 1 amide bonds. The molecule has 0 bridgehead atoms. The van der Waals surface area contributed by atoms with E-state index in [1.54, 1.807) is 0 Å². The number of likely N-dealkylation sites (tertiary alicyclic amines) is 1. The zero-order chi connectivity index (χ0) is 19.5. The van der Waals surface area contributed by atoms with E-state index < -0.39 is 0 Å². The number of amides is 1. The molecule has 148 valence electrons. The maximum Gasteiger partial charge on any atom is 0.279 e. The van der Waals surface area contributed by atoms with Gasteiger partial charge in [-0.2, -0.15) is 0 Å². The van der Waals surface area contributed by atoms with E-state index in [0.29, 0.717) is 31.7 Å². The Morgan fingerprint density at radius 1 is 1.11 bits per heavy atom. The van der Waals surface area contributed by atoms with E-state index in [1.807, 2.05) is 18.2 Å². The maximum absolute atomic E-state index is 12.6. The van der Waals surface area contributed by atoms with Crippen molar-refractivity contribution >= 4 is 11.6 Å². The second-order valence-corrected chi connectivity index (χ2v) is 8.01. The molecule has 2 aromatic carbocycles. The molecule has 2 heterocycles. The summed E-state index contributed by atoms with van der Waals surface area (Å²) in [5.74, 6) is 2.20. The van der Waals surface area contributed by atoms with Crippen LogP contribution < -0.4 is 19.7 Å². The van der Waals surface area contributed by atoms with Crippen molar-refractivity contribution in [2.45, 2.75) is 38.6 Å². The van der Waals surface area contributed by atoms with Gasteiger partial charge in [0.05, 0.1) is 6.54 Å². The lowest BCUT2D eigenvalue weighted by atomic mass is 10.0. The highest BCUT2D eigenvalue weighted by Gasteiger charge is 2.32. The molecule has 1 fully saturated rings. The Morgan fingerprint density at radius 3 is 2.61 bits per heavy atom. The van der Waals surface area contributed by atoms with Crippen LogP contribution in [0.4, 0.5) is 5.69 Å². The Balaban J connectivity index is 1.40. The summed E-state index contributed by atoms with van der Waals surface area (Å²) in [7, 11) is 0. The van der Waals surface area contributed by atoms with Crippen molar-refractivity contribution < 1.29 is 19.2 Å². The van der Waals surface area contributed by atoms with Gasteiger partial charge in [0.25, 0.3) is 5.91 Å². The number of carbonyl (C=O) groups is 1. The maximum atomic E-state index is 12.6. The predicted octanol–water partition coefficient (Wildman–Crippen LogP) is 2.94. The summed E-state index contributed by atoms with van der Waals surface area (Å²) in [4.78, 5) is 13.9. The van der Waals surface area contributed by atoms with Crippen LogP contribution in [0.1, 0.15) is 49.8 Å². The average molecular weight is 381 g/mol. The van der Waals surface area contributed by atoms with Crippen LogP contribution in [-0.2, 0) is 4.79 Å². The summed E-state index contributed by atoms with van der Waals surface area (Å²) in [6, 6.07) is 14.7. The number of benzene rings is 2. The van der Waals surface area contributed by atoms with Gasteiger partial charge in [-0.15, -0.1) is 0 Å². The summed E-state index contributed by atoms with van der Waals surface area (Å²) in [6.45, 7) is 7.02. The van der Waals surface area contributed by atoms with Gasteiger partial charge < -0.3 is 19.7 Å². The molecule has 4 rings (SSSR count). The Labute approximate surface area is 166 Å². The second kappa shape index (κ2) is 8.23. The summed E-state index contributed by atoms with van der Waals surface area (Å²) in [6.07, 6.45) is 2.22. The number of hydrogen-bond donors (Lipinski definition) is 2. The van der Waals surface area contributed by atoms with Crippen LogP contribution in [0.5, 0.6) is 11.5 Å². The van der Waals surface area contributed by atoms with Crippen LogP contribution in [0.2, 0.25) is 0 Å². The van der Waals surface area contributed by atoms with Gasteiger partial charge >= 0.3 is 0 Å². The summed E-state index contributed by atoms with van der Waals surface area (Å²) in [5, 5.41) is 3.05. The van der Waals surface area contributed by atoms with Gasteiger partial charge in [0.1, 0.15) is 19.3 Å². The fourth-order valence-corrected chi connectivity index (χ4v) is 4.17. The SMILES string of the molecule is CC(C)c1ccc(NC(=O)C[NH+]2CCC[C@H]2c2ccc3c(c2)OCCO3)cc1. The van der Waals surface area contributed by atoms with Gasteiger partial charge in [0.15, 0.2) is 18.0 Å². The molecule has 0 saturated carbocycles. The highest BCUT2D eigenvalue weighted by molar-refractivity contribution is 5.91. The standard InChI is InChI=1S/C23H28N2O3/c1-16(2)17-5-8-19(9-6-17)24-23(26)15-25-11-3-4-20(25)18-7-10-21-22(14-18)28-13-12-27-21/h5-10,14,16,20H,3-4,11-13,15H2,1-2H3,(H,24,26)/p+1/t20-/m0/s1. The molecule has 2 atom stereocenters. The zero-order valence-corrected chi connectivity index (χ0v) is 16.7. The number of hydrogen-bond acceptors (Lipinski definition) is 3. The lowest BCUT2D eigenvalue weighted by molar-refractivity contribution is -0.910. The third-order valence-corrected chi connectivity index (χ3v) is 5.70. The molecule has 5 nitrogen and oxygen atoms in total. The van der Waals surface area contributed by atoms with Gasteiger partial charge in [0, 0.05) is 24.1 Å². The van der Waals surface area contributed by atoms with E-state index in [0.717, 1.165) is 36.6 Å². The number of ether oxygens (including phenoxy) is 2. The number of rotatable bonds is 5. The van der Waals surface area contributed by atoms with Gasteiger partial charge in [-0.05, 0) is 41.8 Å². The first kappa shape index (κ1) is 18.8. The third-order valence-electron chi connectivity index (χ3n) is 5.70. The topological polar surface area (TPSA) is 52.0 Å². The van der Waals surface area contributed by atoms with Crippen molar-refractivity contribution in [1.82, 2.24) is 0 Å². The zero-order valence-electron chi connectivity index (χ0n) is 16.7. The number of carbonyl (C=O) groups excluding carboxylic acids is 1. The van der Waals surface area contributed by atoms with Crippen molar-refractivity contribution in [2.24, 2.45) is 0 Å². The molecule has 5 heteroatoms. The van der Waals surface area contributed by atoms with Gasteiger partial charge in [-0.25, -0.2) is 0 Å². The van der Waals surface area contributed by atoms with E-state index in [-0.39, 0.29) is 5.91 Å². The van der Waals surface area contributed by atoms with Gasteiger partial charge in [-0.3, -0.25) is 4.79 Å². The number of nitrogens with one attached hydrogen (secondary N) is 2. The molecule has 1 saturated heterocycles. The van der Waals surface area contributed by atoms with Crippen molar-refractivity contribution in [1.29, 1.82) is 0 Å². The Morgan fingerprint density at radius 2 is 1.86 bits per heavy atom. The van der Waals surface area contributed by atoms with Crippen LogP contribution >= 0.6 is 0 Å². The van der Waals surface area contributed by atoms with Crippen LogP contribution in [0, 0.1) is 0 Å². The van der Waals surface area contributed by atoms with Crippen LogP contribution in [-0.4, -0.2) is 32.2 Å². The molecule has 0 aromatic heterocycles. The quantitative estimate of drug-likeness (QED) is 0.837. The summed E-state index contributed by atoms with van der Waals surface area (Å²) in [5.41, 5.74) is 3.37. The lowest BCUT2D eigenvalue weighted by Gasteiger charge is -2.24. The fraction of sp³-hybridized carbons (Fsp3) is 0.435. The number of quaternary nitrogens is 1. The molecule has 28 heavy (non-hydrogen) atoms. The minimum Gasteiger partial charge on any atom is -0.486 e. The van der Waals surface area contributed by atoms with E-state index in [9.17, 15) is 4.79 Å². The van der Waals surface area contributed by atoms with Crippen molar-refractivity contribution in [3.63, 3.8) is 0 Å². The van der Waals surface area contributed by atoms with E-state index in [2.05, 4.69) is 43.4 Å². The molecular weight excluding hydrogens is 352 g/mol. The minimum absolute atomic E-state index is 0.0664. The first-order chi connectivity index (χ1) is 13.6. The van der Waals surface area contributed by atoms with Crippen LogP contribution in [0.15, 0.2) is 42.5 Å². The summed E-state index contributed by atoms with van der Waals surface area (Å²) >= 11 is 0. The molecule has 2 N–H and O–H groups in total. The summed E-state index contributed by atoms with van der Waals surface area (Å²) < 4.78 is 11.4. The van der Waals surface area contributed by atoms with Crippen LogP contribution in [0.25, 0.3) is 0 Å². The smallest absolute Gasteiger partial charge is 0.279 e. The second-order valence-electron chi connectivity index (χ2n) is 8.01. The predicted molar refractivity (Wildman–Crippen MR) is 109 cm³/mol. The van der Waals surface area contributed by atoms with Crippen molar-refractivity contribution in [2.75, 3.05) is 31.6 Å². The minimum atomic E-state index is 0.0664. The van der Waals surface area contributed by atoms with Gasteiger partial charge in [0.2, 0.25) is 0 Å². The Hall–Kier alpha value is -2.53. The molecule has 0 radical (unpaired) electrons. The average Bonchev–Trinajstić information content (AvgIpc) is 3.16. The highest BCUT2D eigenvalue weighted by Crippen LogP contribution is 2.33. The molecule has 2 aliphatic rings. The van der Waals surface area contributed by atoms with Crippen molar-refractivity contribution in [3.05, 3.63) is 53.6 Å². The van der Waals surface area contributed by atoms with E-state index >= 15 is 0 Å². The van der Waals surface area contributed by atoms with E-state index in [4.69, 9.17) is 9.47 Å².